The lowest BCUT2D eigenvalue weighted by Gasteiger charge is -2.42. The van der Waals surface area contributed by atoms with Crippen molar-refractivity contribution in [3.8, 4) is 23.0 Å². The third-order valence-corrected chi connectivity index (χ3v) is 10.2. The zero-order chi connectivity index (χ0) is 31.3. The number of piperazine rings is 1. The Hall–Kier alpha value is -3.66. The first-order valence-corrected chi connectivity index (χ1v) is 16.7. The van der Waals surface area contributed by atoms with Crippen molar-refractivity contribution in [2.24, 2.45) is 0 Å². The Morgan fingerprint density at radius 3 is 2.42 bits per heavy atom. The molecule has 2 atom stereocenters. The third kappa shape index (κ3) is 5.45. The van der Waals surface area contributed by atoms with E-state index in [1.807, 2.05) is 56.1 Å². The van der Waals surface area contributed by atoms with E-state index in [1.165, 1.54) is 12.8 Å². The van der Waals surface area contributed by atoms with E-state index in [2.05, 4.69) is 16.7 Å². The van der Waals surface area contributed by atoms with E-state index < -0.39 is 5.60 Å². The van der Waals surface area contributed by atoms with Crippen molar-refractivity contribution in [3.05, 3.63) is 36.0 Å². The number of amides is 1. The minimum Gasteiger partial charge on any atom is -0.496 e. The minimum absolute atomic E-state index is 0.0591. The number of pyridine rings is 1. The summed E-state index contributed by atoms with van der Waals surface area (Å²) in [6, 6.07) is 8.53. The van der Waals surface area contributed by atoms with Gasteiger partial charge in [0.2, 0.25) is 0 Å². The summed E-state index contributed by atoms with van der Waals surface area (Å²) >= 11 is 0. The van der Waals surface area contributed by atoms with E-state index in [0.717, 1.165) is 84.5 Å². The Labute approximate surface area is 266 Å². The highest BCUT2D eigenvalue weighted by atomic mass is 16.6. The number of aryl methyl sites for hydroxylation is 1. The van der Waals surface area contributed by atoms with Crippen LogP contribution in [0.15, 0.2) is 30.5 Å². The first-order valence-electron chi connectivity index (χ1n) is 16.7. The third-order valence-electron chi connectivity index (χ3n) is 10.2. The molecule has 2 aromatic heterocycles. The SMILES string of the molecule is CCc1c(-c2ccccc2OC)ncc2c(N3CC4CCC(C3)N4C(=O)OC(C)(C)C)nc(OCC34CCCN3CCC4)nc12. The lowest BCUT2D eigenvalue weighted by atomic mass is 9.95. The van der Waals surface area contributed by atoms with Gasteiger partial charge in [-0.05, 0) is 90.9 Å². The fourth-order valence-electron chi connectivity index (χ4n) is 8.17. The summed E-state index contributed by atoms with van der Waals surface area (Å²) in [7, 11) is 1.69. The second-order valence-electron chi connectivity index (χ2n) is 14.1. The molecular formula is C35H46N6O4. The molecule has 2 bridgehead atoms. The number of carbonyl (C=O) groups excluding carboxylic acids is 1. The molecule has 2 unspecified atom stereocenters. The molecule has 0 saturated carbocycles. The molecule has 4 saturated heterocycles. The Morgan fingerprint density at radius 2 is 1.76 bits per heavy atom. The Kier molecular flexibility index (Phi) is 7.74. The van der Waals surface area contributed by atoms with Crippen LogP contribution in [-0.4, -0.2) is 94.0 Å². The monoisotopic (exact) mass is 614 g/mol. The molecule has 4 aliphatic rings. The summed E-state index contributed by atoms with van der Waals surface area (Å²) in [5, 5.41) is 0.907. The highest BCUT2D eigenvalue weighted by Gasteiger charge is 2.46. The number of methoxy groups -OCH3 is 1. The highest BCUT2D eigenvalue weighted by Crippen LogP contribution is 2.41. The van der Waals surface area contributed by atoms with Crippen LogP contribution in [-0.2, 0) is 11.2 Å². The second kappa shape index (κ2) is 11.6. The molecule has 45 heavy (non-hydrogen) atoms. The topological polar surface area (TPSA) is 93.2 Å². The average molecular weight is 615 g/mol. The van der Waals surface area contributed by atoms with Gasteiger partial charge in [0, 0.05) is 30.4 Å². The van der Waals surface area contributed by atoms with Crippen LogP contribution in [0.5, 0.6) is 11.8 Å². The summed E-state index contributed by atoms with van der Waals surface area (Å²) < 4.78 is 18.1. The van der Waals surface area contributed by atoms with Crippen LogP contribution < -0.4 is 14.4 Å². The van der Waals surface area contributed by atoms with E-state index in [9.17, 15) is 4.79 Å². The van der Waals surface area contributed by atoms with Gasteiger partial charge in [-0.1, -0.05) is 19.1 Å². The van der Waals surface area contributed by atoms with Gasteiger partial charge < -0.3 is 19.1 Å². The van der Waals surface area contributed by atoms with E-state index in [0.29, 0.717) is 25.7 Å². The quantitative estimate of drug-likeness (QED) is 0.325. The van der Waals surface area contributed by atoms with Crippen molar-refractivity contribution >= 4 is 22.8 Å². The second-order valence-corrected chi connectivity index (χ2v) is 14.1. The summed E-state index contributed by atoms with van der Waals surface area (Å²) in [4.78, 5) is 35.3. The Balaban J connectivity index is 1.28. The predicted octanol–water partition coefficient (Wildman–Crippen LogP) is 5.86. The van der Waals surface area contributed by atoms with Crippen LogP contribution in [0.2, 0.25) is 0 Å². The molecule has 3 aromatic rings. The fraction of sp³-hybridized carbons (Fsp3) is 0.600. The summed E-state index contributed by atoms with van der Waals surface area (Å²) in [5.41, 5.74) is 3.27. The maximum atomic E-state index is 13.2. The molecule has 4 aliphatic heterocycles. The Bertz CT molecular complexity index is 1560. The van der Waals surface area contributed by atoms with E-state index >= 15 is 0 Å². The van der Waals surface area contributed by atoms with Gasteiger partial charge >= 0.3 is 12.1 Å². The van der Waals surface area contributed by atoms with E-state index in [1.54, 1.807) is 7.11 Å². The van der Waals surface area contributed by atoms with Gasteiger partial charge in [0.15, 0.2) is 0 Å². The number of benzene rings is 1. The molecule has 0 N–H and O–H groups in total. The number of anilines is 1. The van der Waals surface area contributed by atoms with Crippen LogP contribution in [0.4, 0.5) is 10.6 Å². The molecular weight excluding hydrogens is 568 g/mol. The molecule has 6 heterocycles. The van der Waals surface area contributed by atoms with Crippen molar-refractivity contribution in [1.29, 1.82) is 0 Å². The smallest absolute Gasteiger partial charge is 0.410 e. The van der Waals surface area contributed by atoms with Crippen molar-refractivity contribution in [3.63, 3.8) is 0 Å². The van der Waals surface area contributed by atoms with Gasteiger partial charge in [-0.25, -0.2) is 4.79 Å². The number of fused-ring (bicyclic) bond motifs is 4. The van der Waals surface area contributed by atoms with Gasteiger partial charge in [-0.2, -0.15) is 9.97 Å². The van der Waals surface area contributed by atoms with E-state index in [-0.39, 0.29) is 23.7 Å². The van der Waals surface area contributed by atoms with Crippen LogP contribution >= 0.6 is 0 Å². The number of aromatic nitrogens is 3. The van der Waals surface area contributed by atoms with Gasteiger partial charge in [0.25, 0.3) is 0 Å². The number of nitrogens with zero attached hydrogens (tertiary/aromatic N) is 6. The normalized spacial score (nSPS) is 22.6. The first-order chi connectivity index (χ1) is 21.7. The lowest BCUT2D eigenvalue weighted by Crippen LogP contribution is -2.57. The van der Waals surface area contributed by atoms with Gasteiger partial charge in [-0.3, -0.25) is 14.8 Å². The molecule has 1 aromatic carbocycles. The maximum absolute atomic E-state index is 13.2. The van der Waals surface area contributed by atoms with Crippen molar-refractivity contribution in [2.45, 2.75) is 95.9 Å². The number of hydrogen-bond donors (Lipinski definition) is 0. The van der Waals surface area contributed by atoms with E-state index in [4.69, 9.17) is 29.2 Å². The molecule has 0 radical (unpaired) electrons. The molecule has 7 rings (SSSR count). The molecule has 0 spiro atoms. The van der Waals surface area contributed by atoms with Crippen LogP contribution in [0.25, 0.3) is 22.2 Å². The molecule has 0 aliphatic carbocycles. The fourth-order valence-corrected chi connectivity index (χ4v) is 8.17. The number of para-hydroxylation sites is 1. The van der Waals surface area contributed by atoms with Crippen molar-refractivity contribution < 1.29 is 19.0 Å². The van der Waals surface area contributed by atoms with Crippen molar-refractivity contribution in [1.82, 2.24) is 24.8 Å². The molecule has 4 fully saturated rings. The number of rotatable bonds is 7. The molecule has 240 valence electrons. The zero-order valence-electron chi connectivity index (χ0n) is 27.3. The van der Waals surface area contributed by atoms with Crippen LogP contribution in [0.3, 0.4) is 0 Å². The molecule has 10 nitrogen and oxygen atoms in total. The predicted molar refractivity (Wildman–Crippen MR) is 174 cm³/mol. The summed E-state index contributed by atoms with van der Waals surface area (Å²) in [6.45, 7) is 12.1. The molecule has 1 amide bonds. The zero-order valence-corrected chi connectivity index (χ0v) is 27.3. The number of ether oxygens (including phenoxy) is 3. The van der Waals surface area contributed by atoms with Gasteiger partial charge in [0.1, 0.15) is 23.8 Å². The largest absolute Gasteiger partial charge is 0.496 e. The lowest BCUT2D eigenvalue weighted by molar-refractivity contribution is 0.0122. The average Bonchev–Trinajstić information content (AvgIpc) is 3.68. The standard InChI is InChI=1S/C35H46N6O4/c1-6-25-29(26-11-7-8-12-28(26)43-5)36-19-27-30(25)37-32(44-22-35-15-9-17-40(35)18-10-16-35)38-31(27)39-20-23-13-14-24(21-39)41(23)33(42)45-34(2,3)4/h7-8,11-12,19,23-24H,6,9-10,13-18,20-22H2,1-5H3. The number of hydrogen-bond acceptors (Lipinski definition) is 9. The summed E-state index contributed by atoms with van der Waals surface area (Å²) in [5.74, 6) is 1.61. The van der Waals surface area contributed by atoms with Gasteiger partial charge in [0.05, 0.1) is 41.3 Å². The summed E-state index contributed by atoms with van der Waals surface area (Å²) in [6.07, 6.45) is 9.06. The number of carbonyl (C=O) groups is 1. The van der Waals surface area contributed by atoms with Gasteiger partial charge in [-0.15, -0.1) is 0 Å². The Morgan fingerprint density at radius 1 is 1.04 bits per heavy atom. The molecule has 10 heteroatoms. The highest BCUT2D eigenvalue weighted by molar-refractivity contribution is 5.95. The first kappa shape index (κ1) is 30.0. The van der Waals surface area contributed by atoms with Crippen LogP contribution in [0, 0.1) is 0 Å². The van der Waals surface area contributed by atoms with Crippen LogP contribution in [0.1, 0.15) is 71.8 Å². The minimum atomic E-state index is -0.530. The maximum Gasteiger partial charge on any atom is 0.410 e. The van der Waals surface area contributed by atoms with Crippen molar-refractivity contribution in [2.75, 3.05) is 44.8 Å².